The number of rotatable bonds is 5. The quantitative estimate of drug-likeness (QED) is 0.713. The standard InChI is InChI=1S/C21H25N5O3/c1-3-19(27)20-12-17(24-29-20)15-9-8-14(2)25(13-15)21(28)16-6-4-5-7-18(16)26-22-10-11-23-26/h4-7,10-12,14-15,19,27H,3,8-9,13H2,1-2H3/t14-,15?,19?/m1/s1. The summed E-state index contributed by atoms with van der Waals surface area (Å²) in [5, 5.41) is 22.5. The van der Waals surface area contributed by atoms with Crippen LogP contribution in [-0.2, 0) is 0 Å². The first-order valence-electron chi connectivity index (χ1n) is 9.99. The molecule has 0 aliphatic carbocycles. The van der Waals surface area contributed by atoms with Gasteiger partial charge in [0, 0.05) is 24.6 Å². The predicted molar refractivity (Wildman–Crippen MR) is 106 cm³/mol. The van der Waals surface area contributed by atoms with E-state index in [9.17, 15) is 9.90 Å². The average Bonchev–Trinajstić information content (AvgIpc) is 3.45. The van der Waals surface area contributed by atoms with Crippen LogP contribution in [-0.4, -0.2) is 48.7 Å². The molecule has 4 rings (SSSR count). The highest BCUT2D eigenvalue weighted by Gasteiger charge is 2.33. The number of nitrogens with zero attached hydrogens (tertiary/aromatic N) is 5. The van der Waals surface area contributed by atoms with Gasteiger partial charge >= 0.3 is 0 Å². The lowest BCUT2D eigenvalue weighted by atomic mass is 9.90. The molecule has 1 aliphatic heterocycles. The van der Waals surface area contributed by atoms with Gasteiger partial charge in [-0.2, -0.15) is 15.0 Å². The van der Waals surface area contributed by atoms with Crippen LogP contribution in [0.1, 0.15) is 66.9 Å². The summed E-state index contributed by atoms with van der Waals surface area (Å²) >= 11 is 0. The number of carbonyl (C=O) groups excluding carboxylic acids is 1. The topological polar surface area (TPSA) is 97.3 Å². The van der Waals surface area contributed by atoms with Gasteiger partial charge in [0.05, 0.1) is 29.3 Å². The van der Waals surface area contributed by atoms with E-state index in [1.165, 1.54) is 4.80 Å². The Morgan fingerprint density at radius 3 is 2.79 bits per heavy atom. The van der Waals surface area contributed by atoms with Crippen LogP contribution in [0.5, 0.6) is 0 Å². The monoisotopic (exact) mass is 395 g/mol. The zero-order valence-electron chi connectivity index (χ0n) is 16.6. The molecular weight excluding hydrogens is 370 g/mol. The molecule has 1 aliphatic rings. The first-order valence-corrected chi connectivity index (χ1v) is 9.99. The van der Waals surface area contributed by atoms with E-state index in [0.717, 1.165) is 18.5 Å². The van der Waals surface area contributed by atoms with Crippen molar-refractivity contribution in [3.8, 4) is 5.69 Å². The van der Waals surface area contributed by atoms with Gasteiger partial charge in [-0.15, -0.1) is 0 Å². The fraction of sp³-hybridized carbons (Fsp3) is 0.429. The van der Waals surface area contributed by atoms with Crippen molar-refractivity contribution in [2.75, 3.05) is 6.54 Å². The Morgan fingerprint density at radius 1 is 1.28 bits per heavy atom. The molecule has 8 heteroatoms. The molecule has 2 unspecified atom stereocenters. The SMILES string of the molecule is CCC(O)c1cc(C2CC[C@@H](C)N(C(=O)c3ccccc3-n3nccn3)C2)no1. The maximum atomic E-state index is 13.4. The average molecular weight is 395 g/mol. The van der Waals surface area contributed by atoms with E-state index in [0.29, 0.717) is 30.0 Å². The summed E-state index contributed by atoms with van der Waals surface area (Å²) in [5.74, 6) is 0.508. The van der Waals surface area contributed by atoms with E-state index < -0.39 is 6.10 Å². The third-order valence-electron chi connectivity index (χ3n) is 5.59. The zero-order chi connectivity index (χ0) is 20.4. The molecule has 1 aromatic carbocycles. The Kier molecular flexibility index (Phi) is 5.44. The summed E-state index contributed by atoms with van der Waals surface area (Å²) in [4.78, 5) is 16.8. The van der Waals surface area contributed by atoms with Gasteiger partial charge in [0.25, 0.3) is 5.91 Å². The number of hydrogen-bond donors (Lipinski definition) is 1. The fourth-order valence-electron chi connectivity index (χ4n) is 3.81. The minimum absolute atomic E-state index is 0.0487. The molecule has 3 atom stereocenters. The molecule has 3 heterocycles. The summed E-state index contributed by atoms with van der Waals surface area (Å²) in [6.45, 7) is 4.51. The Hall–Kier alpha value is -3.00. The summed E-state index contributed by atoms with van der Waals surface area (Å²) in [5.41, 5.74) is 2.02. The number of para-hydroxylation sites is 1. The van der Waals surface area contributed by atoms with Crippen LogP contribution in [0.25, 0.3) is 5.69 Å². The molecule has 0 saturated carbocycles. The molecule has 3 aromatic rings. The Bertz CT molecular complexity index is 968. The lowest BCUT2D eigenvalue weighted by Crippen LogP contribution is -2.45. The largest absolute Gasteiger partial charge is 0.385 e. The van der Waals surface area contributed by atoms with Crippen LogP contribution >= 0.6 is 0 Å². The molecule has 1 N–H and O–H groups in total. The van der Waals surface area contributed by atoms with Crippen molar-refractivity contribution in [1.82, 2.24) is 25.1 Å². The highest BCUT2D eigenvalue weighted by atomic mass is 16.5. The summed E-state index contributed by atoms with van der Waals surface area (Å²) in [6.07, 6.45) is 4.89. The molecule has 152 valence electrons. The molecule has 0 spiro atoms. The van der Waals surface area contributed by atoms with Gasteiger partial charge in [-0.25, -0.2) is 0 Å². The lowest BCUT2D eigenvalue weighted by Gasteiger charge is -2.37. The second-order valence-corrected chi connectivity index (χ2v) is 7.49. The molecule has 8 nitrogen and oxygen atoms in total. The van der Waals surface area contributed by atoms with Gasteiger partial charge < -0.3 is 14.5 Å². The van der Waals surface area contributed by atoms with E-state index in [1.807, 2.05) is 42.2 Å². The van der Waals surface area contributed by atoms with Crippen LogP contribution < -0.4 is 0 Å². The maximum Gasteiger partial charge on any atom is 0.256 e. The van der Waals surface area contributed by atoms with Gasteiger partial charge in [0.1, 0.15) is 6.10 Å². The van der Waals surface area contributed by atoms with Gasteiger partial charge in [-0.1, -0.05) is 24.2 Å². The maximum absolute atomic E-state index is 13.4. The van der Waals surface area contributed by atoms with Crippen molar-refractivity contribution >= 4 is 5.91 Å². The number of likely N-dealkylation sites (tertiary alicyclic amines) is 1. The number of aromatic nitrogens is 4. The summed E-state index contributed by atoms with van der Waals surface area (Å²) in [6, 6.07) is 9.30. The highest BCUT2D eigenvalue weighted by molar-refractivity contribution is 5.98. The molecule has 0 radical (unpaired) electrons. The lowest BCUT2D eigenvalue weighted by molar-refractivity contribution is 0.0606. The number of benzene rings is 1. The van der Waals surface area contributed by atoms with Crippen molar-refractivity contribution < 1.29 is 14.4 Å². The number of aliphatic hydroxyl groups excluding tert-OH is 1. The van der Waals surface area contributed by atoms with E-state index >= 15 is 0 Å². The fourth-order valence-corrected chi connectivity index (χ4v) is 3.81. The first-order chi connectivity index (χ1) is 14.1. The second kappa shape index (κ2) is 8.16. The van der Waals surface area contributed by atoms with E-state index in [1.54, 1.807) is 12.4 Å². The zero-order valence-corrected chi connectivity index (χ0v) is 16.6. The second-order valence-electron chi connectivity index (χ2n) is 7.49. The van der Waals surface area contributed by atoms with Gasteiger partial charge in [-0.05, 0) is 38.3 Å². The van der Waals surface area contributed by atoms with Crippen LogP contribution in [0.4, 0.5) is 0 Å². The molecule has 1 fully saturated rings. The Morgan fingerprint density at radius 2 is 2.03 bits per heavy atom. The third-order valence-corrected chi connectivity index (χ3v) is 5.59. The third kappa shape index (κ3) is 3.80. The van der Waals surface area contributed by atoms with Crippen LogP contribution in [0.15, 0.2) is 47.2 Å². The minimum atomic E-state index is -0.648. The molecule has 1 amide bonds. The molecular formula is C21H25N5O3. The molecule has 1 saturated heterocycles. The molecule has 0 bridgehead atoms. The number of amides is 1. The highest BCUT2D eigenvalue weighted by Crippen LogP contribution is 2.32. The number of piperidine rings is 1. The van der Waals surface area contributed by atoms with Crippen molar-refractivity contribution in [2.45, 2.75) is 51.2 Å². The first kappa shape index (κ1) is 19.3. The summed E-state index contributed by atoms with van der Waals surface area (Å²) in [7, 11) is 0. The van der Waals surface area contributed by atoms with Gasteiger partial charge in [0.15, 0.2) is 5.76 Å². The normalized spacial score (nSPS) is 20.6. The molecule has 2 aromatic heterocycles. The smallest absolute Gasteiger partial charge is 0.256 e. The number of aliphatic hydroxyl groups is 1. The predicted octanol–water partition coefficient (Wildman–Crippen LogP) is 3.11. The van der Waals surface area contributed by atoms with Gasteiger partial charge in [-0.3, -0.25) is 4.79 Å². The summed E-state index contributed by atoms with van der Waals surface area (Å²) < 4.78 is 5.32. The van der Waals surface area contributed by atoms with Crippen LogP contribution in [0.3, 0.4) is 0 Å². The van der Waals surface area contributed by atoms with E-state index in [4.69, 9.17) is 4.52 Å². The van der Waals surface area contributed by atoms with E-state index in [2.05, 4.69) is 22.3 Å². The number of hydrogen-bond acceptors (Lipinski definition) is 6. The van der Waals surface area contributed by atoms with Crippen molar-refractivity contribution in [1.29, 1.82) is 0 Å². The molecule has 29 heavy (non-hydrogen) atoms. The van der Waals surface area contributed by atoms with Gasteiger partial charge in [0.2, 0.25) is 0 Å². The van der Waals surface area contributed by atoms with Crippen LogP contribution in [0, 0.1) is 0 Å². The van der Waals surface area contributed by atoms with Crippen molar-refractivity contribution in [3.63, 3.8) is 0 Å². The Balaban J connectivity index is 1.58. The van der Waals surface area contributed by atoms with Crippen molar-refractivity contribution in [2.24, 2.45) is 0 Å². The number of carbonyl (C=O) groups is 1. The van der Waals surface area contributed by atoms with Crippen LogP contribution in [0.2, 0.25) is 0 Å². The Labute approximate surface area is 169 Å². The van der Waals surface area contributed by atoms with Crippen molar-refractivity contribution in [3.05, 3.63) is 59.7 Å². The minimum Gasteiger partial charge on any atom is -0.385 e. The van der Waals surface area contributed by atoms with E-state index in [-0.39, 0.29) is 17.9 Å².